The molecule has 1 aliphatic heterocycles. The normalized spacial score (nSPS) is 29.3. The molecule has 0 spiro atoms. The summed E-state index contributed by atoms with van der Waals surface area (Å²) in [6.45, 7) is 0.396. The molecule has 1 N–H and O–H groups in total. The second kappa shape index (κ2) is 5.43. The molecule has 2 atom stereocenters. The Hall–Kier alpha value is -1.39. The second-order valence-corrected chi connectivity index (χ2v) is 6.39. The van der Waals surface area contributed by atoms with E-state index in [1.807, 2.05) is 18.2 Å². The van der Waals surface area contributed by atoms with Gasteiger partial charge in [0.2, 0.25) is 11.8 Å². The molecule has 1 saturated carbocycles. The highest BCUT2D eigenvalue weighted by Gasteiger charge is 2.57. The molecule has 1 heterocycles. The maximum atomic E-state index is 12.5. The number of nitrogens with one attached hydrogen (secondary N) is 1. The monoisotopic (exact) mass is 307 g/mol. The molecule has 1 aliphatic carbocycles. The third-order valence-electron chi connectivity index (χ3n) is 4.61. The van der Waals surface area contributed by atoms with Crippen LogP contribution in [0.2, 0.25) is 5.02 Å². The largest absolute Gasteiger partial charge is 0.384 e. The SMILES string of the molecule is COCC1(C2CC2)CC(=O)NC(=O)C1c1ccccc1Cl. The fourth-order valence-corrected chi connectivity index (χ4v) is 3.88. The average Bonchev–Trinajstić information content (AvgIpc) is 3.25. The molecule has 0 radical (unpaired) electrons. The van der Waals surface area contributed by atoms with Crippen molar-refractivity contribution in [3.8, 4) is 0 Å². The van der Waals surface area contributed by atoms with Gasteiger partial charge in [-0.05, 0) is 30.4 Å². The maximum Gasteiger partial charge on any atom is 0.234 e. The summed E-state index contributed by atoms with van der Waals surface area (Å²) >= 11 is 6.31. The third-order valence-corrected chi connectivity index (χ3v) is 4.95. The second-order valence-electron chi connectivity index (χ2n) is 5.98. The van der Waals surface area contributed by atoms with Crippen molar-refractivity contribution in [3.05, 3.63) is 34.9 Å². The maximum absolute atomic E-state index is 12.5. The average molecular weight is 308 g/mol. The minimum Gasteiger partial charge on any atom is -0.384 e. The van der Waals surface area contributed by atoms with E-state index in [4.69, 9.17) is 16.3 Å². The van der Waals surface area contributed by atoms with Crippen molar-refractivity contribution in [2.24, 2.45) is 11.3 Å². The molecule has 21 heavy (non-hydrogen) atoms. The Balaban J connectivity index is 2.10. The standard InChI is InChI=1S/C16H18ClNO3/c1-21-9-16(10-6-7-10)8-13(19)18-15(20)14(16)11-4-2-3-5-12(11)17/h2-5,10,14H,6-9H2,1H3,(H,18,19,20). The summed E-state index contributed by atoms with van der Waals surface area (Å²) in [6.07, 6.45) is 2.38. The molecule has 0 bridgehead atoms. The van der Waals surface area contributed by atoms with Crippen LogP contribution in [0.5, 0.6) is 0 Å². The Bertz CT molecular complexity index is 585. The molecule has 4 nitrogen and oxygen atoms in total. The zero-order valence-electron chi connectivity index (χ0n) is 11.9. The van der Waals surface area contributed by atoms with Gasteiger partial charge in [0, 0.05) is 24.0 Å². The first-order valence-electron chi connectivity index (χ1n) is 7.15. The van der Waals surface area contributed by atoms with Gasteiger partial charge in [0.05, 0.1) is 12.5 Å². The third kappa shape index (κ3) is 2.47. The minimum absolute atomic E-state index is 0.216. The van der Waals surface area contributed by atoms with E-state index in [9.17, 15) is 9.59 Å². The topological polar surface area (TPSA) is 55.4 Å². The van der Waals surface area contributed by atoms with E-state index in [1.165, 1.54) is 0 Å². The van der Waals surface area contributed by atoms with Gasteiger partial charge in [0.1, 0.15) is 0 Å². The van der Waals surface area contributed by atoms with Crippen molar-refractivity contribution in [2.75, 3.05) is 13.7 Å². The van der Waals surface area contributed by atoms with Crippen molar-refractivity contribution in [1.29, 1.82) is 0 Å². The van der Waals surface area contributed by atoms with Gasteiger partial charge >= 0.3 is 0 Å². The van der Waals surface area contributed by atoms with Gasteiger partial charge in [-0.3, -0.25) is 14.9 Å². The van der Waals surface area contributed by atoms with E-state index in [1.54, 1.807) is 13.2 Å². The molecule has 2 aliphatic rings. The van der Waals surface area contributed by atoms with E-state index in [0.717, 1.165) is 18.4 Å². The predicted octanol–water partition coefficient (Wildman–Crippen LogP) is 2.51. The summed E-state index contributed by atoms with van der Waals surface area (Å²) in [6, 6.07) is 7.36. The van der Waals surface area contributed by atoms with E-state index in [-0.39, 0.29) is 11.8 Å². The Morgan fingerprint density at radius 1 is 1.33 bits per heavy atom. The summed E-state index contributed by atoms with van der Waals surface area (Å²) < 4.78 is 5.40. The number of imide groups is 1. The highest BCUT2D eigenvalue weighted by atomic mass is 35.5. The molecule has 3 rings (SSSR count). The molecule has 1 aromatic carbocycles. The first kappa shape index (κ1) is 14.5. The van der Waals surface area contributed by atoms with E-state index in [2.05, 4.69) is 5.32 Å². The lowest BCUT2D eigenvalue weighted by atomic mass is 9.64. The Morgan fingerprint density at radius 2 is 2.05 bits per heavy atom. The van der Waals surface area contributed by atoms with Gasteiger partial charge in [0.15, 0.2) is 0 Å². The number of piperidine rings is 1. The number of hydrogen-bond acceptors (Lipinski definition) is 3. The highest BCUT2D eigenvalue weighted by Crippen LogP contribution is 2.57. The lowest BCUT2D eigenvalue weighted by Gasteiger charge is -2.43. The van der Waals surface area contributed by atoms with Crippen LogP contribution in [0.1, 0.15) is 30.7 Å². The molecule has 1 saturated heterocycles. The number of carbonyl (C=O) groups excluding carboxylic acids is 2. The number of amides is 2. The number of methoxy groups -OCH3 is 1. The van der Waals surface area contributed by atoms with Gasteiger partial charge in [0.25, 0.3) is 0 Å². The fourth-order valence-electron chi connectivity index (χ4n) is 3.64. The molecule has 112 valence electrons. The van der Waals surface area contributed by atoms with Gasteiger partial charge < -0.3 is 4.74 Å². The van der Waals surface area contributed by atoms with Crippen LogP contribution in [0.25, 0.3) is 0 Å². The molecule has 0 aromatic heterocycles. The van der Waals surface area contributed by atoms with Gasteiger partial charge in [-0.2, -0.15) is 0 Å². The van der Waals surface area contributed by atoms with Crippen molar-refractivity contribution in [3.63, 3.8) is 0 Å². The fraction of sp³-hybridized carbons (Fsp3) is 0.500. The van der Waals surface area contributed by atoms with Crippen LogP contribution in [0, 0.1) is 11.3 Å². The number of carbonyl (C=O) groups is 2. The quantitative estimate of drug-likeness (QED) is 0.870. The molecular formula is C16H18ClNO3. The number of hydrogen-bond donors (Lipinski definition) is 1. The summed E-state index contributed by atoms with van der Waals surface area (Å²) in [5.41, 5.74) is 0.312. The first-order chi connectivity index (χ1) is 10.1. The summed E-state index contributed by atoms with van der Waals surface area (Å²) in [5.74, 6) is -0.569. The van der Waals surface area contributed by atoms with Crippen LogP contribution in [0.3, 0.4) is 0 Å². The van der Waals surface area contributed by atoms with Gasteiger partial charge in [-0.15, -0.1) is 0 Å². The number of ether oxygens (including phenoxy) is 1. The van der Waals surface area contributed by atoms with Crippen LogP contribution >= 0.6 is 11.6 Å². The van der Waals surface area contributed by atoms with Crippen LogP contribution in [-0.4, -0.2) is 25.5 Å². The Kier molecular flexibility index (Phi) is 3.76. The number of rotatable bonds is 4. The summed E-state index contributed by atoms with van der Waals surface area (Å²) in [5, 5.41) is 3.02. The Labute approximate surface area is 128 Å². The summed E-state index contributed by atoms with van der Waals surface area (Å²) in [4.78, 5) is 24.5. The first-order valence-corrected chi connectivity index (χ1v) is 7.53. The van der Waals surface area contributed by atoms with Crippen LogP contribution in [0.4, 0.5) is 0 Å². The number of benzene rings is 1. The lowest BCUT2D eigenvalue weighted by Crippen LogP contribution is -2.53. The molecule has 2 unspecified atom stereocenters. The smallest absolute Gasteiger partial charge is 0.234 e. The molecule has 2 fully saturated rings. The Morgan fingerprint density at radius 3 is 2.67 bits per heavy atom. The lowest BCUT2D eigenvalue weighted by molar-refractivity contribution is -0.143. The van der Waals surface area contributed by atoms with Crippen molar-refractivity contribution in [2.45, 2.75) is 25.2 Å². The summed E-state index contributed by atoms with van der Waals surface area (Å²) in [7, 11) is 1.62. The molecule has 2 amide bonds. The highest BCUT2D eigenvalue weighted by molar-refractivity contribution is 6.31. The molecule has 1 aromatic rings. The van der Waals surface area contributed by atoms with E-state index in [0.29, 0.717) is 24.0 Å². The zero-order chi connectivity index (χ0) is 15.0. The van der Waals surface area contributed by atoms with Crippen molar-refractivity contribution < 1.29 is 14.3 Å². The molecule has 5 heteroatoms. The van der Waals surface area contributed by atoms with Crippen LogP contribution in [0.15, 0.2) is 24.3 Å². The van der Waals surface area contributed by atoms with E-state index >= 15 is 0 Å². The minimum atomic E-state index is -0.473. The van der Waals surface area contributed by atoms with Crippen molar-refractivity contribution >= 4 is 23.4 Å². The van der Waals surface area contributed by atoms with Crippen LogP contribution in [-0.2, 0) is 14.3 Å². The van der Waals surface area contributed by atoms with Gasteiger partial charge in [-0.25, -0.2) is 0 Å². The van der Waals surface area contributed by atoms with Crippen molar-refractivity contribution in [1.82, 2.24) is 5.32 Å². The van der Waals surface area contributed by atoms with Crippen LogP contribution < -0.4 is 5.32 Å². The zero-order valence-corrected chi connectivity index (χ0v) is 12.7. The molecular weight excluding hydrogens is 290 g/mol. The predicted molar refractivity (Wildman–Crippen MR) is 79.0 cm³/mol. The van der Waals surface area contributed by atoms with E-state index < -0.39 is 11.3 Å². The van der Waals surface area contributed by atoms with Gasteiger partial charge in [-0.1, -0.05) is 29.8 Å². The number of halogens is 1.